The van der Waals surface area contributed by atoms with E-state index in [0.29, 0.717) is 39.5 Å². The van der Waals surface area contributed by atoms with Crippen LogP contribution < -0.4 is 5.73 Å². The van der Waals surface area contributed by atoms with Crippen LogP contribution >= 0.6 is 0 Å². The Morgan fingerprint density at radius 1 is 1.33 bits per heavy atom. The van der Waals surface area contributed by atoms with E-state index in [9.17, 15) is 9.59 Å². The summed E-state index contributed by atoms with van der Waals surface area (Å²) >= 11 is 0. The molecule has 0 aliphatic carbocycles. The van der Waals surface area contributed by atoms with Crippen molar-refractivity contribution in [1.29, 1.82) is 0 Å². The third kappa shape index (κ3) is 4.99. The van der Waals surface area contributed by atoms with Crippen molar-refractivity contribution in [2.45, 2.75) is 6.42 Å². The van der Waals surface area contributed by atoms with Gasteiger partial charge in [-0.15, -0.1) is 0 Å². The summed E-state index contributed by atoms with van der Waals surface area (Å²) in [6.45, 7) is 2.38. The number of carbonyl (C=O) groups excluding carboxylic acids is 2. The molecule has 3 N–H and O–H groups in total. The zero-order valence-corrected chi connectivity index (χ0v) is 10.3. The predicted molar refractivity (Wildman–Crippen MR) is 62.6 cm³/mol. The van der Waals surface area contributed by atoms with Crippen LogP contribution in [0.1, 0.15) is 6.42 Å². The lowest BCUT2D eigenvalue weighted by atomic mass is 10.1. The van der Waals surface area contributed by atoms with E-state index in [2.05, 4.69) is 0 Å². The maximum absolute atomic E-state index is 11.5. The first kappa shape index (κ1) is 14.9. The van der Waals surface area contributed by atoms with E-state index >= 15 is 0 Å². The summed E-state index contributed by atoms with van der Waals surface area (Å²) in [5.74, 6) is -0.853. The normalized spacial score (nSPS) is 19.5. The van der Waals surface area contributed by atoms with Crippen molar-refractivity contribution in [3.05, 3.63) is 0 Å². The Labute approximate surface area is 106 Å². The van der Waals surface area contributed by atoms with Gasteiger partial charge in [-0.25, -0.2) is 0 Å². The van der Waals surface area contributed by atoms with Gasteiger partial charge in [0.05, 0.1) is 39.0 Å². The number of aliphatic hydroxyl groups is 1. The second-order valence-electron chi connectivity index (χ2n) is 4.09. The van der Waals surface area contributed by atoms with Gasteiger partial charge in [-0.05, 0) is 0 Å². The lowest BCUT2D eigenvalue weighted by Gasteiger charge is -2.15. The highest BCUT2D eigenvalue weighted by Crippen LogP contribution is 2.16. The Balaban J connectivity index is 2.06. The van der Waals surface area contributed by atoms with Crippen molar-refractivity contribution in [3.63, 3.8) is 0 Å². The summed E-state index contributed by atoms with van der Waals surface area (Å²) in [6.07, 6.45) is 0.203. The SMILES string of the molecule is NC(=O)C1CC(=O)N(CCOCCOCCO)C1. The van der Waals surface area contributed by atoms with Crippen LogP contribution in [0, 0.1) is 5.92 Å². The molecule has 18 heavy (non-hydrogen) atoms. The lowest BCUT2D eigenvalue weighted by Crippen LogP contribution is -2.31. The van der Waals surface area contributed by atoms with Gasteiger partial charge in [-0.2, -0.15) is 0 Å². The smallest absolute Gasteiger partial charge is 0.223 e. The summed E-state index contributed by atoms with van der Waals surface area (Å²) < 4.78 is 10.3. The van der Waals surface area contributed by atoms with Gasteiger partial charge in [-0.3, -0.25) is 9.59 Å². The topological polar surface area (TPSA) is 102 Å². The third-order valence-corrected chi connectivity index (χ3v) is 2.73. The molecule has 1 aliphatic rings. The highest BCUT2D eigenvalue weighted by atomic mass is 16.5. The minimum atomic E-state index is -0.427. The van der Waals surface area contributed by atoms with E-state index in [4.69, 9.17) is 20.3 Å². The Morgan fingerprint density at radius 3 is 2.56 bits per heavy atom. The molecule has 2 amide bonds. The van der Waals surface area contributed by atoms with Crippen molar-refractivity contribution >= 4 is 11.8 Å². The molecule has 1 unspecified atom stereocenters. The average Bonchev–Trinajstić information content (AvgIpc) is 2.70. The molecule has 1 heterocycles. The average molecular weight is 260 g/mol. The molecular formula is C11H20N2O5. The minimum Gasteiger partial charge on any atom is -0.394 e. The Kier molecular flexibility index (Phi) is 6.63. The molecule has 0 bridgehead atoms. The molecule has 7 nitrogen and oxygen atoms in total. The molecule has 104 valence electrons. The fraction of sp³-hybridized carbons (Fsp3) is 0.818. The number of aliphatic hydroxyl groups excluding tert-OH is 1. The molecule has 0 aromatic rings. The fourth-order valence-corrected chi connectivity index (χ4v) is 1.74. The molecule has 0 saturated carbocycles. The predicted octanol–water partition coefficient (Wildman–Crippen LogP) is -1.65. The van der Waals surface area contributed by atoms with Gasteiger partial charge < -0.3 is 25.2 Å². The number of amides is 2. The van der Waals surface area contributed by atoms with Gasteiger partial charge in [0, 0.05) is 19.5 Å². The summed E-state index contributed by atoms with van der Waals surface area (Å²) in [7, 11) is 0. The molecular weight excluding hydrogens is 240 g/mol. The number of likely N-dealkylation sites (tertiary alicyclic amines) is 1. The third-order valence-electron chi connectivity index (χ3n) is 2.73. The lowest BCUT2D eigenvalue weighted by molar-refractivity contribution is -0.129. The first-order valence-corrected chi connectivity index (χ1v) is 5.98. The monoisotopic (exact) mass is 260 g/mol. The fourth-order valence-electron chi connectivity index (χ4n) is 1.74. The molecule has 7 heteroatoms. The first-order chi connectivity index (χ1) is 8.65. The number of primary amides is 1. The number of carbonyl (C=O) groups is 2. The van der Waals surface area contributed by atoms with E-state index in [1.165, 1.54) is 0 Å². The quantitative estimate of drug-likeness (QED) is 0.483. The van der Waals surface area contributed by atoms with Crippen LogP contribution in [0.4, 0.5) is 0 Å². The molecule has 0 radical (unpaired) electrons. The van der Waals surface area contributed by atoms with Crippen LogP contribution in [0.2, 0.25) is 0 Å². The van der Waals surface area contributed by atoms with Gasteiger partial charge in [0.2, 0.25) is 11.8 Å². The highest BCUT2D eigenvalue weighted by Gasteiger charge is 2.32. The van der Waals surface area contributed by atoms with Gasteiger partial charge in [0.15, 0.2) is 0 Å². The zero-order chi connectivity index (χ0) is 13.4. The van der Waals surface area contributed by atoms with Crippen LogP contribution in [-0.2, 0) is 19.1 Å². The first-order valence-electron chi connectivity index (χ1n) is 5.98. The maximum atomic E-state index is 11.5. The van der Waals surface area contributed by atoms with Crippen molar-refractivity contribution in [2.75, 3.05) is 46.1 Å². The van der Waals surface area contributed by atoms with Gasteiger partial charge >= 0.3 is 0 Å². The molecule has 1 rings (SSSR count). The molecule has 0 aromatic heterocycles. The number of ether oxygens (including phenoxy) is 2. The molecule has 1 fully saturated rings. The number of rotatable bonds is 9. The largest absolute Gasteiger partial charge is 0.394 e. The van der Waals surface area contributed by atoms with E-state index in [-0.39, 0.29) is 24.9 Å². The Bertz CT molecular complexity index is 285. The summed E-state index contributed by atoms with van der Waals surface area (Å²) in [4.78, 5) is 24.0. The van der Waals surface area contributed by atoms with E-state index in [1.54, 1.807) is 4.90 Å². The van der Waals surface area contributed by atoms with Crippen LogP contribution in [0.3, 0.4) is 0 Å². The number of hydrogen-bond acceptors (Lipinski definition) is 5. The molecule has 1 saturated heterocycles. The maximum Gasteiger partial charge on any atom is 0.223 e. The molecule has 0 aromatic carbocycles. The Morgan fingerprint density at radius 2 is 2.00 bits per heavy atom. The van der Waals surface area contributed by atoms with Crippen LogP contribution in [-0.4, -0.2) is 67.9 Å². The van der Waals surface area contributed by atoms with Crippen molar-refractivity contribution in [3.8, 4) is 0 Å². The van der Waals surface area contributed by atoms with Crippen LogP contribution in [0.25, 0.3) is 0 Å². The second-order valence-corrected chi connectivity index (χ2v) is 4.09. The molecule has 1 atom stereocenters. The van der Waals surface area contributed by atoms with Crippen LogP contribution in [0.5, 0.6) is 0 Å². The van der Waals surface area contributed by atoms with Gasteiger partial charge in [0.25, 0.3) is 0 Å². The summed E-state index contributed by atoms with van der Waals surface area (Å²) in [5, 5.41) is 8.46. The zero-order valence-electron chi connectivity index (χ0n) is 10.3. The Hall–Kier alpha value is -1.18. The number of hydrogen-bond donors (Lipinski definition) is 2. The summed E-state index contributed by atoms with van der Waals surface area (Å²) in [5.41, 5.74) is 5.16. The standard InChI is InChI=1S/C11H20N2O5/c12-11(16)9-7-10(15)13(8-9)1-3-17-5-6-18-4-2-14/h9,14H,1-8H2,(H2,12,16). The van der Waals surface area contributed by atoms with E-state index in [0.717, 1.165) is 0 Å². The number of nitrogens with two attached hydrogens (primary N) is 1. The van der Waals surface area contributed by atoms with Gasteiger partial charge in [0.1, 0.15) is 0 Å². The van der Waals surface area contributed by atoms with E-state index in [1.807, 2.05) is 0 Å². The molecule has 1 aliphatic heterocycles. The summed E-state index contributed by atoms with van der Waals surface area (Å²) in [6, 6.07) is 0. The number of nitrogens with zero attached hydrogens (tertiary/aromatic N) is 1. The highest BCUT2D eigenvalue weighted by molar-refractivity contribution is 5.88. The van der Waals surface area contributed by atoms with Crippen molar-refractivity contribution in [1.82, 2.24) is 4.90 Å². The van der Waals surface area contributed by atoms with E-state index < -0.39 is 5.91 Å². The van der Waals surface area contributed by atoms with Crippen molar-refractivity contribution in [2.24, 2.45) is 11.7 Å². The second kappa shape index (κ2) is 8.02. The minimum absolute atomic E-state index is 0.00319. The van der Waals surface area contributed by atoms with Gasteiger partial charge in [-0.1, -0.05) is 0 Å². The van der Waals surface area contributed by atoms with Crippen LogP contribution in [0.15, 0.2) is 0 Å². The molecule has 0 spiro atoms. The van der Waals surface area contributed by atoms with Crippen molar-refractivity contribution < 1.29 is 24.2 Å².